The number of carbonyl (C=O) groups excluding carboxylic acids is 1. The van der Waals surface area contributed by atoms with Gasteiger partial charge in [-0.15, -0.1) is 0 Å². The molecule has 1 atom stereocenters. The maximum absolute atomic E-state index is 11.4. The standard InChI is InChI=1S/C10H20N2O2/c1-4-9(10(13)14-3)12-7-5-11(2)6-8-12/h9H,4-8H2,1-3H3. The zero-order valence-corrected chi connectivity index (χ0v) is 9.32. The maximum atomic E-state index is 11.4. The molecule has 0 N–H and O–H groups in total. The van der Waals surface area contributed by atoms with Crippen LogP contribution in [0.2, 0.25) is 0 Å². The molecule has 1 rings (SSSR count). The fourth-order valence-corrected chi connectivity index (χ4v) is 1.84. The smallest absolute Gasteiger partial charge is 0.323 e. The van der Waals surface area contributed by atoms with Gasteiger partial charge in [-0.3, -0.25) is 9.69 Å². The van der Waals surface area contributed by atoms with Crippen LogP contribution in [0.15, 0.2) is 0 Å². The molecule has 0 amide bonds. The van der Waals surface area contributed by atoms with Crippen molar-refractivity contribution in [3.05, 3.63) is 0 Å². The summed E-state index contributed by atoms with van der Waals surface area (Å²) in [6.07, 6.45) is 0.830. The molecule has 0 radical (unpaired) electrons. The van der Waals surface area contributed by atoms with Gasteiger partial charge in [0.25, 0.3) is 0 Å². The predicted octanol–water partition coefficient (Wildman–Crippen LogP) is 0.185. The van der Waals surface area contributed by atoms with Crippen LogP contribution in [-0.4, -0.2) is 62.1 Å². The van der Waals surface area contributed by atoms with Gasteiger partial charge in [-0.05, 0) is 13.5 Å². The number of esters is 1. The van der Waals surface area contributed by atoms with E-state index in [1.165, 1.54) is 7.11 Å². The van der Waals surface area contributed by atoms with Crippen molar-refractivity contribution in [2.24, 2.45) is 0 Å². The number of rotatable bonds is 3. The van der Waals surface area contributed by atoms with Gasteiger partial charge in [0.05, 0.1) is 7.11 Å². The van der Waals surface area contributed by atoms with Crippen LogP contribution in [0.5, 0.6) is 0 Å². The van der Waals surface area contributed by atoms with E-state index in [0.29, 0.717) is 0 Å². The van der Waals surface area contributed by atoms with Crippen molar-refractivity contribution in [3.8, 4) is 0 Å². The summed E-state index contributed by atoms with van der Waals surface area (Å²) in [4.78, 5) is 15.9. The number of ether oxygens (including phenoxy) is 1. The van der Waals surface area contributed by atoms with Gasteiger partial charge in [-0.1, -0.05) is 6.92 Å². The second-order valence-electron chi connectivity index (χ2n) is 3.79. The first-order valence-corrected chi connectivity index (χ1v) is 5.19. The maximum Gasteiger partial charge on any atom is 0.323 e. The fraction of sp³-hybridized carbons (Fsp3) is 0.900. The first-order valence-electron chi connectivity index (χ1n) is 5.19. The normalized spacial score (nSPS) is 21.9. The minimum atomic E-state index is -0.1000. The van der Waals surface area contributed by atoms with E-state index in [1.807, 2.05) is 6.92 Å². The molecule has 1 aliphatic heterocycles. The lowest BCUT2D eigenvalue weighted by Gasteiger charge is -2.36. The van der Waals surface area contributed by atoms with E-state index in [2.05, 4.69) is 16.8 Å². The average molecular weight is 200 g/mol. The Kier molecular flexibility index (Phi) is 4.35. The second-order valence-corrected chi connectivity index (χ2v) is 3.79. The molecule has 82 valence electrons. The van der Waals surface area contributed by atoms with E-state index in [9.17, 15) is 4.79 Å². The summed E-state index contributed by atoms with van der Waals surface area (Å²) in [5, 5.41) is 0. The summed E-state index contributed by atoms with van der Waals surface area (Å²) >= 11 is 0. The van der Waals surface area contributed by atoms with Gasteiger partial charge < -0.3 is 9.64 Å². The predicted molar refractivity (Wildman–Crippen MR) is 55.2 cm³/mol. The number of likely N-dealkylation sites (N-methyl/N-ethyl adjacent to an activating group) is 1. The van der Waals surface area contributed by atoms with Gasteiger partial charge in [0.1, 0.15) is 6.04 Å². The SMILES string of the molecule is CCC(C(=O)OC)N1CCN(C)CC1. The number of nitrogens with zero attached hydrogens (tertiary/aromatic N) is 2. The molecule has 4 heteroatoms. The lowest BCUT2D eigenvalue weighted by Crippen LogP contribution is -2.51. The van der Waals surface area contributed by atoms with Crippen LogP contribution in [0.3, 0.4) is 0 Å². The van der Waals surface area contributed by atoms with Crippen LogP contribution >= 0.6 is 0 Å². The third-order valence-electron chi connectivity index (χ3n) is 2.84. The molecule has 0 spiro atoms. The lowest BCUT2D eigenvalue weighted by molar-refractivity contribution is -0.147. The number of hydrogen-bond acceptors (Lipinski definition) is 4. The highest BCUT2D eigenvalue weighted by molar-refractivity contribution is 5.75. The second kappa shape index (κ2) is 5.32. The minimum absolute atomic E-state index is 0.0475. The van der Waals surface area contributed by atoms with Crippen LogP contribution in [0.4, 0.5) is 0 Å². The molecular weight excluding hydrogens is 180 g/mol. The Hall–Kier alpha value is -0.610. The Morgan fingerprint density at radius 3 is 2.36 bits per heavy atom. The Bertz CT molecular complexity index is 189. The molecule has 1 saturated heterocycles. The highest BCUT2D eigenvalue weighted by atomic mass is 16.5. The van der Waals surface area contributed by atoms with Crippen LogP contribution in [0, 0.1) is 0 Å². The molecule has 1 unspecified atom stereocenters. The largest absolute Gasteiger partial charge is 0.468 e. The number of carbonyl (C=O) groups is 1. The quantitative estimate of drug-likeness (QED) is 0.609. The molecule has 0 saturated carbocycles. The first kappa shape index (κ1) is 11.5. The summed E-state index contributed by atoms with van der Waals surface area (Å²) < 4.78 is 4.79. The third-order valence-corrected chi connectivity index (χ3v) is 2.84. The highest BCUT2D eigenvalue weighted by Crippen LogP contribution is 2.09. The number of hydrogen-bond donors (Lipinski definition) is 0. The molecule has 1 aliphatic rings. The highest BCUT2D eigenvalue weighted by Gasteiger charge is 2.27. The topological polar surface area (TPSA) is 32.8 Å². The van der Waals surface area contributed by atoms with E-state index in [-0.39, 0.29) is 12.0 Å². The summed E-state index contributed by atoms with van der Waals surface area (Å²) in [7, 11) is 3.57. The molecule has 4 nitrogen and oxygen atoms in total. The van der Waals surface area contributed by atoms with Crippen LogP contribution in [0.1, 0.15) is 13.3 Å². The molecular formula is C10H20N2O2. The summed E-state index contributed by atoms with van der Waals surface area (Å²) in [5.74, 6) is -0.1000. The van der Waals surface area contributed by atoms with E-state index in [1.54, 1.807) is 0 Å². The van der Waals surface area contributed by atoms with Crippen molar-refractivity contribution in [2.75, 3.05) is 40.3 Å². The van der Waals surface area contributed by atoms with E-state index >= 15 is 0 Å². The van der Waals surface area contributed by atoms with Crippen molar-refractivity contribution in [1.29, 1.82) is 0 Å². The molecule has 0 aromatic heterocycles. The van der Waals surface area contributed by atoms with Gasteiger partial charge in [0.2, 0.25) is 0 Å². The van der Waals surface area contributed by atoms with Gasteiger partial charge in [0, 0.05) is 26.2 Å². The minimum Gasteiger partial charge on any atom is -0.468 e. The van der Waals surface area contributed by atoms with E-state index in [0.717, 1.165) is 32.6 Å². The van der Waals surface area contributed by atoms with E-state index < -0.39 is 0 Å². The zero-order chi connectivity index (χ0) is 10.6. The zero-order valence-electron chi connectivity index (χ0n) is 9.32. The Labute approximate surface area is 85.8 Å². The summed E-state index contributed by atoms with van der Waals surface area (Å²) in [5.41, 5.74) is 0. The van der Waals surface area contributed by atoms with Gasteiger partial charge in [0.15, 0.2) is 0 Å². The lowest BCUT2D eigenvalue weighted by atomic mass is 10.1. The van der Waals surface area contributed by atoms with Gasteiger partial charge in [-0.25, -0.2) is 0 Å². The molecule has 1 heterocycles. The van der Waals surface area contributed by atoms with Crippen molar-refractivity contribution in [1.82, 2.24) is 9.80 Å². The Morgan fingerprint density at radius 1 is 1.36 bits per heavy atom. The molecule has 1 fully saturated rings. The summed E-state index contributed by atoms with van der Waals surface area (Å²) in [6.45, 7) is 6.02. The molecule has 14 heavy (non-hydrogen) atoms. The van der Waals surface area contributed by atoms with Crippen LogP contribution < -0.4 is 0 Å². The summed E-state index contributed by atoms with van der Waals surface area (Å²) in [6, 6.07) is -0.0475. The monoisotopic (exact) mass is 200 g/mol. The van der Waals surface area contributed by atoms with Crippen molar-refractivity contribution >= 4 is 5.97 Å². The Balaban J connectivity index is 2.48. The average Bonchev–Trinajstić information content (AvgIpc) is 2.21. The molecule has 0 aromatic carbocycles. The molecule has 0 aliphatic carbocycles. The number of piperazine rings is 1. The first-order chi connectivity index (χ1) is 6.69. The fourth-order valence-electron chi connectivity index (χ4n) is 1.84. The van der Waals surface area contributed by atoms with Crippen LogP contribution in [-0.2, 0) is 9.53 Å². The van der Waals surface area contributed by atoms with Crippen LogP contribution in [0.25, 0.3) is 0 Å². The van der Waals surface area contributed by atoms with Crippen molar-refractivity contribution in [2.45, 2.75) is 19.4 Å². The third kappa shape index (κ3) is 2.69. The number of methoxy groups -OCH3 is 1. The van der Waals surface area contributed by atoms with Crippen molar-refractivity contribution < 1.29 is 9.53 Å². The molecule has 0 bridgehead atoms. The van der Waals surface area contributed by atoms with Crippen molar-refractivity contribution in [3.63, 3.8) is 0 Å². The van der Waals surface area contributed by atoms with E-state index in [4.69, 9.17) is 4.74 Å². The van der Waals surface area contributed by atoms with Gasteiger partial charge >= 0.3 is 5.97 Å². The van der Waals surface area contributed by atoms with Gasteiger partial charge in [-0.2, -0.15) is 0 Å². The molecule has 0 aromatic rings. The Morgan fingerprint density at radius 2 is 1.93 bits per heavy atom.